The number of nitrogens with zero attached hydrogens (tertiary/aromatic N) is 4. The fraction of sp³-hybridized carbons (Fsp3) is 0.188. The van der Waals surface area contributed by atoms with E-state index in [2.05, 4.69) is 0 Å². The molecule has 1 atom stereocenters. The van der Waals surface area contributed by atoms with Gasteiger partial charge in [-0.25, -0.2) is 40.5 Å². The van der Waals surface area contributed by atoms with Crippen LogP contribution < -0.4 is 5.73 Å². The van der Waals surface area contributed by atoms with Gasteiger partial charge in [-0.2, -0.15) is 0 Å². The number of phenols is 2. The van der Waals surface area contributed by atoms with Crippen LogP contribution in [-0.4, -0.2) is 52.9 Å². The van der Waals surface area contributed by atoms with E-state index < -0.39 is 37.6 Å². The number of hydrogen-bond acceptors (Lipinski definition) is 12. The number of carboxylic acid groups (broad SMARTS) is 1. The van der Waals surface area contributed by atoms with Crippen molar-refractivity contribution in [3.8, 4) is 11.5 Å². The van der Waals surface area contributed by atoms with E-state index in [1.54, 1.807) is 36.4 Å². The lowest BCUT2D eigenvalue weighted by molar-refractivity contribution is -1.11. The molecule has 0 saturated heterocycles. The summed E-state index contributed by atoms with van der Waals surface area (Å²) < 4.78 is 0. The number of hydrogen-bond donors (Lipinski definition) is 4. The average molecular weight is 471 g/mol. The molecule has 0 spiro atoms. The third-order valence-electron chi connectivity index (χ3n) is 3.45. The molecule has 17 heteroatoms. The van der Waals surface area contributed by atoms with Gasteiger partial charge in [0.1, 0.15) is 17.5 Å². The summed E-state index contributed by atoms with van der Waals surface area (Å²) in [4.78, 5) is 41.0. The number of phenolic OH excluding ortho intramolecular Hbond substituents is 2. The van der Waals surface area contributed by atoms with Crippen molar-refractivity contribution in [3.63, 3.8) is 0 Å². The van der Waals surface area contributed by atoms with Crippen LogP contribution in [0.3, 0.4) is 0 Å². The average Bonchev–Trinajstić information content (AvgIpc) is 2.70. The smallest absolute Gasteiger partial charge is 0.508 e. The van der Waals surface area contributed by atoms with Gasteiger partial charge in [-0.15, -0.1) is 0 Å². The van der Waals surface area contributed by atoms with Gasteiger partial charge in [-0.1, -0.05) is 30.3 Å². The van der Waals surface area contributed by atoms with E-state index in [0.717, 1.165) is 5.56 Å². The number of carbonyl (C=O) groups is 1. The highest BCUT2D eigenvalue weighted by Crippen LogP contribution is 2.12. The zero-order valence-electron chi connectivity index (χ0n) is 16.4. The van der Waals surface area contributed by atoms with Crippen molar-refractivity contribution >= 4 is 5.97 Å². The van der Waals surface area contributed by atoms with Gasteiger partial charge in [-0.05, 0) is 36.2 Å². The molecule has 178 valence electrons. The fourth-order valence-electron chi connectivity index (χ4n) is 1.80. The first-order valence-electron chi connectivity index (χ1n) is 8.35. The minimum absolute atomic E-state index is 0.160. The Labute approximate surface area is 182 Å². The van der Waals surface area contributed by atoms with E-state index in [1.807, 2.05) is 6.07 Å². The lowest BCUT2D eigenvalue weighted by Crippen LogP contribution is -2.59. The Bertz CT molecular complexity index is 922. The van der Waals surface area contributed by atoms with Crippen LogP contribution >= 0.6 is 0 Å². The lowest BCUT2D eigenvalue weighted by atomic mass is 10.1. The van der Waals surface area contributed by atoms with E-state index in [4.69, 9.17) is 21.1 Å². The maximum absolute atomic E-state index is 10.4. The molecule has 0 bridgehead atoms. The van der Waals surface area contributed by atoms with Gasteiger partial charge in [0.05, 0.1) is 0 Å². The van der Waals surface area contributed by atoms with Gasteiger partial charge in [-0.3, -0.25) is 4.79 Å². The van der Waals surface area contributed by atoms with Crippen LogP contribution in [0.5, 0.6) is 11.5 Å². The van der Waals surface area contributed by atoms with Crippen molar-refractivity contribution in [1.29, 1.82) is 0 Å². The number of para-hydroxylation sites is 1. The highest BCUT2D eigenvalue weighted by atomic mass is 16.8. The second-order valence-corrected chi connectivity index (χ2v) is 5.78. The minimum Gasteiger partial charge on any atom is -0.508 e. The highest BCUT2D eigenvalue weighted by molar-refractivity contribution is 5.73. The Kier molecular flexibility index (Phi) is 10.8. The van der Waals surface area contributed by atoms with Crippen LogP contribution in [0.25, 0.3) is 0 Å². The molecular formula is C16H17N5O12. The molecule has 5 N–H and O–H groups in total. The Morgan fingerprint density at radius 1 is 0.788 bits per heavy atom. The summed E-state index contributed by atoms with van der Waals surface area (Å²) in [6.07, 6.45) is 0.273. The Morgan fingerprint density at radius 3 is 1.39 bits per heavy atom. The number of nitrogens with two attached hydrogens (primary N) is 1. The van der Waals surface area contributed by atoms with Crippen molar-refractivity contribution in [3.05, 3.63) is 101 Å². The summed E-state index contributed by atoms with van der Waals surface area (Å²) in [6, 6.07) is 14.1. The molecule has 2 aromatic carbocycles. The zero-order chi connectivity index (χ0) is 25.8. The Morgan fingerprint density at radius 2 is 1.15 bits per heavy atom. The third-order valence-corrected chi connectivity index (χ3v) is 3.45. The second kappa shape index (κ2) is 12.7. The van der Waals surface area contributed by atoms with Crippen LogP contribution in [-0.2, 0) is 11.2 Å². The molecule has 1 unspecified atom stereocenters. The van der Waals surface area contributed by atoms with Gasteiger partial charge in [0.25, 0.3) is 19.7 Å². The predicted octanol–water partition coefficient (Wildman–Crippen LogP) is 0.443. The fourth-order valence-corrected chi connectivity index (χ4v) is 1.80. The number of aromatic hydroxyl groups is 2. The van der Waals surface area contributed by atoms with E-state index in [-0.39, 0.29) is 12.2 Å². The Balaban J connectivity index is 0.000000486. The maximum atomic E-state index is 10.4. The highest BCUT2D eigenvalue weighted by Gasteiger charge is 2.85. The first-order chi connectivity index (χ1) is 15.3. The van der Waals surface area contributed by atoms with Gasteiger partial charge in [0.15, 0.2) is 0 Å². The molecule has 0 radical (unpaired) electrons. The van der Waals surface area contributed by atoms with Crippen LogP contribution in [0.1, 0.15) is 5.56 Å². The number of aliphatic carboxylic acids is 1. The molecule has 0 fully saturated rings. The summed E-state index contributed by atoms with van der Waals surface area (Å²) in [5.41, 5.74) is 6.12. The third kappa shape index (κ3) is 8.38. The lowest BCUT2D eigenvalue weighted by Gasteiger charge is -2.05. The van der Waals surface area contributed by atoms with E-state index in [1.165, 1.54) is 12.1 Å². The van der Waals surface area contributed by atoms with Crippen LogP contribution in [0.15, 0.2) is 54.6 Å². The maximum Gasteiger partial charge on any atom is 0.955 e. The van der Waals surface area contributed by atoms with Crippen molar-refractivity contribution in [2.24, 2.45) is 5.73 Å². The Hall–Kier alpha value is -4.93. The molecule has 0 aliphatic rings. The molecule has 0 heterocycles. The van der Waals surface area contributed by atoms with E-state index >= 15 is 0 Å². The van der Waals surface area contributed by atoms with E-state index in [0.29, 0.717) is 5.75 Å². The van der Waals surface area contributed by atoms with Crippen molar-refractivity contribution in [1.82, 2.24) is 0 Å². The number of nitro groups is 4. The number of rotatable bonds is 7. The molecule has 2 rings (SSSR count). The van der Waals surface area contributed by atoms with Gasteiger partial charge >= 0.3 is 11.9 Å². The van der Waals surface area contributed by atoms with Gasteiger partial charge in [0.2, 0.25) is 0 Å². The summed E-state index contributed by atoms with van der Waals surface area (Å²) >= 11 is 0. The molecular weight excluding hydrogens is 454 g/mol. The largest absolute Gasteiger partial charge is 0.955 e. The molecule has 0 aliphatic carbocycles. The van der Waals surface area contributed by atoms with Gasteiger partial charge in [0, 0.05) is 0 Å². The number of benzene rings is 2. The van der Waals surface area contributed by atoms with Crippen LogP contribution in [0, 0.1) is 40.5 Å². The number of carboxylic acids is 1. The standard InChI is InChI=1S/C9H11NO3.C6H6O.CN4O8/c10-8(9(12)13)5-6-1-3-7(11)4-2-6;7-6-4-2-1-3-5-6;6-2(7)1(3(8)9,4(10)11)5(12)13/h1-4,8,11H,5,10H2,(H,12,13);1-5,7H;. The minimum atomic E-state index is -4.61. The molecule has 2 aromatic rings. The summed E-state index contributed by atoms with van der Waals surface area (Å²) in [5, 5.41) is 65.4. The second-order valence-electron chi connectivity index (χ2n) is 5.78. The van der Waals surface area contributed by atoms with Crippen molar-refractivity contribution in [2.75, 3.05) is 0 Å². The van der Waals surface area contributed by atoms with Crippen LogP contribution in [0.4, 0.5) is 0 Å². The quantitative estimate of drug-likeness (QED) is 0.242. The molecule has 0 aromatic heterocycles. The van der Waals surface area contributed by atoms with Gasteiger partial charge < -0.3 is 21.1 Å². The van der Waals surface area contributed by atoms with Crippen molar-refractivity contribution in [2.45, 2.75) is 18.4 Å². The first kappa shape index (κ1) is 28.1. The van der Waals surface area contributed by atoms with E-state index in [9.17, 15) is 45.3 Å². The van der Waals surface area contributed by atoms with Crippen LogP contribution in [0.2, 0.25) is 0 Å². The van der Waals surface area contributed by atoms with Crippen molar-refractivity contribution < 1.29 is 39.8 Å². The zero-order valence-corrected chi connectivity index (χ0v) is 16.4. The molecule has 33 heavy (non-hydrogen) atoms. The summed E-state index contributed by atoms with van der Waals surface area (Å²) in [6.45, 7) is 0. The predicted molar refractivity (Wildman–Crippen MR) is 106 cm³/mol. The monoisotopic (exact) mass is 471 g/mol. The normalized spacial score (nSPS) is 10.8. The molecule has 17 nitrogen and oxygen atoms in total. The molecule has 0 amide bonds. The topological polar surface area (TPSA) is 276 Å². The molecule has 0 saturated carbocycles. The summed E-state index contributed by atoms with van der Waals surface area (Å²) in [5.74, 6) is -5.15. The summed E-state index contributed by atoms with van der Waals surface area (Å²) in [7, 11) is 0. The SMILES string of the molecule is NC(Cc1ccc(O)cc1)C(=O)O.O=[N+]([O-])C([N+](=O)[O-])([N+](=O)[O-])[N+](=O)[O-].Oc1ccccc1. The first-order valence-corrected chi connectivity index (χ1v) is 8.35. The molecule has 0 aliphatic heterocycles.